The molecule has 3 aromatic rings. The highest BCUT2D eigenvalue weighted by Crippen LogP contribution is 2.41. The number of carbonyl (C=O) groups is 1. The first kappa shape index (κ1) is 24.8. The summed E-state index contributed by atoms with van der Waals surface area (Å²) in [6.07, 6.45) is 0.250. The van der Waals surface area contributed by atoms with Crippen molar-refractivity contribution in [2.24, 2.45) is 0 Å². The number of esters is 1. The maximum atomic E-state index is 15.0. The number of aromatic hydroxyl groups is 1. The summed E-state index contributed by atoms with van der Waals surface area (Å²) in [4.78, 5) is 29.2. The van der Waals surface area contributed by atoms with Gasteiger partial charge in [0.05, 0.1) is 39.4 Å². The van der Waals surface area contributed by atoms with Gasteiger partial charge in [-0.05, 0) is 69.3 Å². The van der Waals surface area contributed by atoms with Crippen LogP contribution in [-0.2, 0) is 20.9 Å². The van der Waals surface area contributed by atoms with Crippen LogP contribution >= 0.6 is 27.9 Å². The van der Waals surface area contributed by atoms with E-state index in [1.54, 1.807) is 24.3 Å². The zero-order valence-corrected chi connectivity index (χ0v) is 19.8. The molecule has 0 unspecified atom stereocenters. The van der Waals surface area contributed by atoms with Crippen molar-refractivity contribution in [2.45, 2.75) is 11.5 Å². The number of hydrogen-bond donors (Lipinski definition) is 2. The standard InChI is InChI=1S/C22H14BrFN2O4S.CO2/c1-29-19-8-17(24)15-7-18(19)26-31-20-6-13(5-16(23)21(20)27)22(28)30-10-12-3-2-11(9-25)4-14(12)15;2-1-3/h2-8,26-27H,10H2,1H3;. The highest BCUT2D eigenvalue weighted by molar-refractivity contribution is 9.10. The second kappa shape index (κ2) is 10.9. The lowest BCUT2D eigenvalue weighted by atomic mass is 9.96. The fourth-order valence-electron chi connectivity index (χ4n) is 3.14. The van der Waals surface area contributed by atoms with Gasteiger partial charge in [-0.2, -0.15) is 14.9 Å². The smallest absolute Gasteiger partial charge is 0.373 e. The Bertz CT molecular complexity index is 1350. The van der Waals surface area contributed by atoms with E-state index in [0.717, 1.165) is 11.9 Å². The molecule has 1 aliphatic rings. The summed E-state index contributed by atoms with van der Waals surface area (Å²) in [6.45, 7) is -0.130. The molecular weight excluding hydrogens is 531 g/mol. The summed E-state index contributed by atoms with van der Waals surface area (Å²) in [5, 5.41) is 19.7. The number of cyclic esters (lactones) is 1. The minimum atomic E-state index is -0.609. The lowest BCUT2D eigenvalue weighted by Gasteiger charge is -2.15. The average Bonchev–Trinajstić information content (AvgIpc) is 2.84. The van der Waals surface area contributed by atoms with Gasteiger partial charge >= 0.3 is 12.1 Å². The Balaban J connectivity index is 0.00000103. The zero-order valence-electron chi connectivity index (χ0n) is 17.3. The van der Waals surface area contributed by atoms with E-state index in [2.05, 4.69) is 20.7 Å². The highest BCUT2D eigenvalue weighted by atomic mass is 79.9. The fourth-order valence-corrected chi connectivity index (χ4v) is 4.50. The first-order valence-electron chi connectivity index (χ1n) is 9.35. The number of halogens is 2. The number of nitrogens with zero attached hydrogens (tertiary/aromatic N) is 1. The van der Waals surface area contributed by atoms with Crippen molar-refractivity contribution in [3.8, 4) is 28.7 Å². The topological polar surface area (TPSA) is 126 Å². The molecule has 0 fully saturated rings. The quantitative estimate of drug-likeness (QED) is 0.319. The van der Waals surface area contributed by atoms with Gasteiger partial charge < -0.3 is 19.3 Å². The number of hydrogen-bond acceptors (Lipinski definition) is 9. The number of nitrogens with one attached hydrogen (secondary N) is 1. The van der Waals surface area contributed by atoms with Crippen molar-refractivity contribution in [1.82, 2.24) is 0 Å². The molecule has 34 heavy (non-hydrogen) atoms. The van der Waals surface area contributed by atoms with E-state index < -0.39 is 11.8 Å². The van der Waals surface area contributed by atoms with Gasteiger partial charge in [-0.1, -0.05) is 6.07 Å². The molecule has 4 bridgehead atoms. The van der Waals surface area contributed by atoms with Crippen LogP contribution in [-0.4, -0.2) is 24.3 Å². The van der Waals surface area contributed by atoms with Crippen molar-refractivity contribution in [1.29, 1.82) is 5.26 Å². The van der Waals surface area contributed by atoms with Crippen molar-refractivity contribution < 1.29 is 33.4 Å². The van der Waals surface area contributed by atoms with E-state index in [1.807, 2.05) is 6.07 Å². The maximum Gasteiger partial charge on any atom is 0.373 e. The Morgan fingerprint density at radius 3 is 2.62 bits per heavy atom. The summed E-state index contributed by atoms with van der Waals surface area (Å²) in [6, 6.07) is 12.5. The van der Waals surface area contributed by atoms with Crippen LogP contribution in [0.5, 0.6) is 11.5 Å². The second-order valence-corrected chi connectivity index (χ2v) is 8.39. The van der Waals surface area contributed by atoms with Crippen LogP contribution in [0.2, 0.25) is 0 Å². The molecule has 0 saturated carbocycles. The summed E-state index contributed by atoms with van der Waals surface area (Å²) in [5.41, 5.74) is 2.19. The summed E-state index contributed by atoms with van der Waals surface area (Å²) < 4.78 is 29.1. The largest absolute Gasteiger partial charge is 0.506 e. The molecule has 11 heteroatoms. The molecule has 0 saturated heterocycles. The van der Waals surface area contributed by atoms with Gasteiger partial charge in [0.15, 0.2) is 0 Å². The zero-order chi connectivity index (χ0) is 24.8. The van der Waals surface area contributed by atoms with Crippen molar-refractivity contribution in [2.75, 3.05) is 11.8 Å². The summed E-state index contributed by atoms with van der Waals surface area (Å²) in [7, 11) is 1.42. The number of benzene rings is 3. The van der Waals surface area contributed by atoms with Crippen LogP contribution in [0.3, 0.4) is 0 Å². The number of carbonyl (C=O) groups excluding carboxylic acids is 3. The summed E-state index contributed by atoms with van der Waals surface area (Å²) in [5.74, 6) is -0.978. The van der Waals surface area contributed by atoms with Gasteiger partial charge in [-0.15, -0.1) is 0 Å². The van der Waals surface area contributed by atoms with E-state index in [0.29, 0.717) is 31.7 Å². The molecule has 1 heterocycles. The molecule has 0 spiro atoms. The lowest BCUT2D eigenvalue weighted by Crippen LogP contribution is -2.06. The third-order valence-electron chi connectivity index (χ3n) is 4.71. The van der Waals surface area contributed by atoms with Crippen LogP contribution in [0.25, 0.3) is 11.1 Å². The maximum absolute atomic E-state index is 15.0. The van der Waals surface area contributed by atoms with Gasteiger partial charge in [0.25, 0.3) is 0 Å². The number of phenols is 1. The van der Waals surface area contributed by atoms with Crippen LogP contribution in [0.1, 0.15) is 21.5 Å². The molecule has 0 aromatic heterocycles. The molecule has 0 aliphatic carbocycles. The summed E-state index contributed by atoms with van der Waals surface area (Å²) >= 11 is 4.27. The Morgan fingerprint density at radius 1 is 1.21 bits per heavy atom. The number of fused-ring (bicyclic) bond motifs is 6. The minimum Gasteiger partial charge on any atom is -0.506 e. The Hall–Kier alpha value is -3.84. The molecule has 172 valence electrons. The third-order valence-corrected chi connectivity index (χ3v) is 6.17. The Morgan fingerprint density at radius 2 is 1.94 bits per heavy atom. The Kier molecular flexibility index (Phi) is 7.91. The molecule has 4 rings (SSSR count). The highest BCUT2D eigenvalue weighted by Gasteiger charge is 2.20. The molecule has 1 aliphatic heterocycles. The van der Waals surface area contributed by atoms with Crippen LogP contribution < -0.4 is 9.46 Å². The number of ether oxygens (including phenoxy) is 2. The van der Waals surface area contributed by atoms with E-state index >= 15 is 4.39 Å². The molecule has 0 atom stereocenters. The lowest BCUT2D eigenvalue weighted by molar-refractivity contribution is -0.191. The van der Waals surface area contributed by atoms with E-state index in [1.165, 1.54) is 25.3 Å². The molecule has 0 amide bonds. The third kappa shape index (κ3) is 5.21. The van der Waals surface area contributed by atoms with Crippen LogP contribution in [0.15, 0.2) is 51.8 Å². The number of rotatable bonds is 1. The van der Waals surface area contributed by atoms with E-state index in [9.17, 15) is 15.2 Å². The molecule has 0 radical (unpaired) electrons. The predicted octanol–water partition coefficient (Wildman–Crippen LogP) is 5.05. The van der Waals surface area contributed by atoms with Crippen molar-refractivity contribution >= 4 is 45.7 Å². The van der Waals surface area contributed by atoms with Gasteiger partial charge in [-0.3, -0.25) is 0 Å². The predicted molar refractivity (Wildman–Crippen MR) is 123 cm³/mol. The normalized spacial score (nSPS) is 11.9. The second-order valence-electron chi connectivity index (χ2n) is 6.68. The average molecular weight is 545 g/mol. The Labute approximate surface area is 205 Å². The minimum absolute atomic E-state index is 0.0628. The number of phenolic OH excluding ortho intramolecular Hbond substituents is 1. The SMILES string of the molecule is COc1cc(F)c2cc1NSc1cc(cc(Br)c1O)C(=O)OCc1ccc(C#N)cc1-2.O=C=O. The molecule has 3 aromatic carbocycles. The van der Waals surface area contributed by atoms with Gasteiger partial charge in [0.2, 0.25) is 0 Å². The van der Waals surface area contributed by atoms with Crippen LogP contribution in [0.4, 0.5) is 10.1 Å². The van der Waals surface area contributed by atoms with Gasteiger partial charge in [0, 0.05) is 11.6 Å². The first-order valence-corrected chi connectivity index (χ1v) is 11.0. The monoisotopic (exact) mass is 544 g/mol. The van der Waals surface area contributed by atoms with E-state index in [4.69, 9.17) is 19.1 Å². The number of methoxy groups -OCH3 is 1. The van der Waals surface area contributed by atoms with Gasteiger partial charge in [-0.25, -0.2) is 9.18 Å². The van der Waals surface area contributed by atoms with Crippen molar-refractivity contribution in [3.05, 3.63) is 69.4 Å². The molecule has 8 nitrogen and oxygen atoms in total. The van der Waals surface area contributed by atoms with Gasteiger partial charge in [0.1, 0.15) is 23.9 Å². The number of nitriles is 1. The first-order chi connectivity index (χ1) is 16.3. The number of anilines is 1. The molecular formula is C23H14BrFN2O6S. The fraction of sp³-hybridized carbons (Fsp3) is 0.0870. The molecule has 2 N–H and O–H groups in total. The van der Waals surface area contributed by atoms with Crippen LogP contribution in [0, 0.1) is 17.1 Å². The van der Waals surface area contributed by atoms with E-state index in [-0.39, 0.29) is 35.4 Å². The van der Waals surface area contributed by atoms with Crippen molar-refractivity contribution in [3.63, 3.8) is 0 Å².